The van der Waals surface area contributed by atoms with Crippen molar-refractivity contribution in [3.8, 4) is 17.2 Å². The SMILES string of the molecule is CC.CC(C)/C=C\C(=O)OCC(C)(C)C(=O)C(=O)N1CCCCC1C(=O)O.COc1ccc(CCCc2cc(OCC(C)=O)cc(F)c2F)cc1OC. The monoisotopic (exact) mass is 747 g/mol. The quantitative estimate of drug-likeness (QED) is 0.109. The third-order valence-corrected chi connectivity index (χ3v) is 7.93. The number of hydrogen-bond donors (Lipinski definition) is 1. The van der Waals surface area contributed by atoms with Crippen LogP contribution in [0.1, 0.15) is 85.3 Å². The number of ketones is 2. The van der Waals surface area contributed by atoms with Crippen LogP contribution >= 0.6 is 0 Å². The van der Waals surface area contributed by atoms with Crippen molar-refractivity contribution in [1.29, 1.82) is 0 Å². The molecule has 0 bridgehead atoms. The zero-order valence-electron chi connectivity index (χ0n) is 32.4. The van der Waals surface area contributed by atoms with E-state index in [1.165, 1.54) is 32.9 Å². The molecule has 2 aromatic carbocycles. The van der Waals surface area contributed by atoms with E-state index in [0.29, 0.717) is 50.0 Å². The Bertz CT molecular complexity index is 1570. The van der Waals surface area contributed by atoms with Crippen LogP contribution in [0.5, 0.6) is 17.2 Å². The number of allylic oxidation sites excluding steroid dienone is 1. The van der Waals surface area contributed by atoms with Crippen molar-refractivity contribution in [1.82, 2.24) is 4.90 Å². The number of amides is 1. The minimum absolute atomic E-state index is 0.153. The van der Waals surface area contributed by atoms with Crippen LogP contribution in [0, 0.1) is 23.0 Å². The molecule has 1 N–H and O–H groups in total. The topological polar surface area (TPSA) is 146 Å². The van der Waals surface area contributed by atoms with Crippen LogP contribution in [-0.2, 0) is 41.6 Å². The Morgan fingerprint density at radius 1 is 0.981 bits per heavy atom. The molecule has 0 saturated carbocycles. The fourth-order valence-electron chi connectivity index (χ4n) is 5.08. The largest absolute Gasteiger partial charge is 0.493 e. The third kappa shape index (κ3) is 15.4. The van der Waals surface area contributed by atoms with Crippen molar-refractivity contribution in [2.45, 2.75) is 93.0 Å². The number of carboxylic acid groups (broad SMARTS) is 1. The molecule has 3 rings (SSSR count). The van der Waals surface area contributed by atoms with Gasteiger partial charge < -0.3 is 29.0 Å². The minimum atomic E-state index is -1.22. The number of benzene rings is 2. The first-order valence-corrected chi connectivity index (χ1v) is 17.7. The Balaban J connectivity index is 0.000000507. The maximum atomic E-state index is 14.0. The number of hydrogen-bond acceptors (Lipinski definition) is 9. The first kappa shape index (κ1) is 46.2. The van der Waals surface area contributed by atoms with Crippen molar-refractivity contribution in [3.63, 3.8) is 0 Å². The van der Waals surface area contributed by atoms with Gasteiger partial charge in [0.2, 0.25) is 5.78 Å². The molecule has 1 heterocycles. The highest BCUT2D eigenvalue weighted by Crippen LogP contribution is 2.29. The summed E-state index contributed by atoms with van der Waals surface area (Å²) >= 11 is 0. The number of piperidine rings is 1. The molecule has 294 valence electrons. The van der Waals surface area contributed by atoms with E-state index in [9.17, 15) is 37.9 Å². The lowest BCUT2D eigenvalue weighted by Crippen LogP contribution is -2.53. The lowest BCUT2D eigenvalue weighted by molar-refractivity contribution is -0.159. The summed E-state index contributed by atoms with van der Waals surface area (Å²) in [6.07, 6.45) is 6.29. The van der Waals surface area contributed by atoms with Crippen molar-refractivity contribution in [2.75, 3.05) is 34.0 Å². The number of aliphatic carboxylic acids is 1. The van der Waals surface area contributed by atoms with Crippen LogP contribution < -0.4 is 14.2 Å². The molecule has 1 amide bonds. The molecular formula is C40H55F2NO10. The molecule has 1 unspecified atom stereocenters. The Kier molecular flexibility index (Phi) is 20.0. The lowest BCUT2D eigenvalue weighted by atomic mass is 9.87. The summed E-state index contributed by atoms with van der Waals surface area (Å²) in [5.41, 5.74) is 0.00961. The van der Waals surface area contributed by atoms with Gasteiger partial charge in [-0.3, -0.25) is 14.4 Å². The van der Waals surface area contributed by atoms with Crippen LogP contribution in [-0.4, -0.2) is 79.4 Å². The number of rotatable bonds is 16. The van der Waals surface area contributed by atoms with Crippen molar-refractivity contribution < 1.29 is 56.8 Å². The smallest absolute Gasteiger partial charge is 0.330 e. The minimum Gasteiger partial charge on any atom is -0.493 e. The van der Waals surface area contributed by atoms with Gasteiger partial charge in [0.05, 0.1) is 19.6 Å². The average Bonchev–Trinajstić information content (AvgIpc) is 3.14. The van der Waals surface area contributed by atoms with Gasteiger partial charge in [-0.05, 0) is 94.5 Å². The molecule has 0 aromatic heterocycles. The molecule has 0 radical (unpaired) electrons. The predicted molar refractivity (Wildman–Crippen MR) is 196 cm³/mol. The number of methoxy groups -OCH3 is 2. The summed E-state index contributed by atoms with van der Waals surface area (Å²) in [5, 5.41) is 9.24. The fourth-order valence-corrected chi connectivity index (χ4v) is 5.08. The molecular weight excluding hydrogens is 692 g/mol. The number of carbonyl (C=O) groups is 5. The molecule has 1 aliphatic heterocycles. The molecule has 11 nitrogen and oxygen atoms in total. The summed E-state index contributed by atoms with van der Waals surface area (Å²) < 4.78 is 48.4. The summed E-state index contributed by atoms with van der Waals surface area (Å²) in [6.45, 7) is 12.0. The second-order valence-electron chi connectivity index (χ2n) is 13.2. The third-order valence-electron chi connectivity index (χ3n) is 7.93. The van der Waals surface area contributed by atoms with E-state index in [0.717, 1.165) is 16.5 Å². The molecule has 1 atom stereocenters. The van der Waals surface area contributed by atoms with Crippen LogP contribution in [0.2, 0.25) is 0 Å². The van der Waals surface area contributed by atoms with E-state index in [-0.39, 0.29) is 42.8 Å². The van der Waals surface area contributed by atoms with Gasteiger partial charge in [0, 0.05) is 18.7 Å². The van der Waals surface area contributed by atoms with Crippen LogP contribution in [0.15, 0.2) is 42.5 Å². The van der Waals surface area contributed by atoms with Crippen molar-refractivity contribution in [2.24, 2.45) is 11.3 Å². The highest BCUT2D eigenvalue weighted by Gasteiger charge is 2.41. The molecule has 1 fully saturated rings. The first-order chi connectivity index (χ1) is 25.0. The number of ether oxygens (including phenoxy) is 4. The fraction of sp³-hybridized carbons (Fsp3) is 0.525. The lowest BCUT2D eigenvalue weighted by Gasteiger charge is -2.34. The first-order valence-electron chi connectivity index (χ1n) is 17.7. The van der Waals surface area contributed by atoms with Gasteiger partial charge in [0.15, 0.2) is 28.9 Å². The highest BCUT2D eigenvalue weighted by atomic mass is 19.2. The zero-order valence-corrected chi connectivity index (χ0v) is 32.4. The maximum absolute atomic E-state index is 14.0. The van der Waals surface area contributed by atoms with Gasteiger partial charge in [-0.15, -0.1) is 0 Å². The van der Waals surface area contributed by atoms with E-state index in [4.69, 9.17) is 18.9 Å². The summed E-state index contributed by atoms with van der Waals surface area (Å²) in [6, 6.07) is 7.00. The molecule has 0 spiro atoms. The Hall–Kier alpha value is -4.81. The van der Waals surface area contributed by atoms with Crippen molar-refractivity contribution in [3.05, 3.63) is 65.2 Å². The maximum Gasteiger partial charge on any atom is 0.330 e. The number of nitrogens with zero attached hydrogens (tertiary/aromatic N) is 1. The van der Waals surface area contributed by atoms with Crippen molar-refractivity contribution >= 4 is 29.4 Å². The Morgan fingerprint density at radius 2 is 1.64 bits per heavy atom. The molecule has 53 heavy (non-hydrogen) atoms. The van der Waals surface area contributed by atoms with Gasteiger partial charge >= 0.3 is 11.9 Å². The molecule has 13 heteroatoms. The number of aryl methyl sites for hydroxylation is 2. The second-order valence-corrected chi connectivity index (χ2v) is 13.2. The number of carboxylic acids is 1. The van der Waals surface area contributed by atoms with E-state index >= 15 is 0 Å². The second kappa shape index (κ2) is 23.0. The summed E-state index contributed by atoms with van der Waals surface area (Å²) in [7, 11) is 3.13. The highest BCUT2D eigenvalue weighted by molar-refractivity contribution is 6.38. The Labute approximate surface area is 311 Å². The predicted octanol–water partition coefficient (Wildman–Crippen LogP) is 6.95. The molecule has 1 saturated heterocycles. The van der Waals surface area contributed by atoms with Gasteiger partial charge in [-0.2, -0.15) is 0 Å². The number of Topliss-reactive ketones (excluding diaryl/α,β-unsaturated/α-hetero) is 2. The number of carbonyl (C=O) groups excluding carboxylic acids is 4. The van der Waals surface area contributed by atoms with Gasteiger partial charge in [0.1, 0.15) is 25.0 Å². The van der Waals surface area contributed by atoms with Gasteiger partial charge in [-0.1, -0.05) is 39.8 Å². The summed E-state index contributed by atoms with van der Waals surface area (Å²) in [5.74, 6) is -3.71. The number of likely N-dealkylation sites (tertiary alicyclic amines) is 1. The van der Waals surface area contributed by atoms with Crippen LogP contribution in [0.25, 0.3) is 0 Å². The van der Waals surface area contributed by atoms with E-state index < -0.39 is 46.7 Å². The van der Waals surface area contributed by atoms with E-state index in [1.807, 2.05) is 45.9 Å². The van der Waals surface area contributed by atoms with Gasteiger partial charge in [-0.25, -0.2) is 18.4 Å². The number of halogens is 2. The van der Waals surface area contributed by atoms with E-state index in [2.05, 4.69) is 0 Å². The molecule has 0 aliphatic carbocycles. The van der Waals surface area contributed by atoms with Gasteiger partial charge in [0.25, 0.3) is 5.91 Å². The van der Waals surface area contributed by atoms with Crippen LogP contribution in [0.3, 0.4) is 0 Å². The molecule has 1 aliphatic rings. The number of esters is 1. The van der Waals surface area contributed by atoms with Crippen LogP contribution in [0.4, 0.5) is 8.78 Å². The van der Waals surface area contributed by atoms with E-state index in [1.54, 1.807) is 20.3 Å². The molecule has 2 aromatic rings. The summed E-state index contributed by atoms with van der Waals surface area (Å²) in [4.78, 5) is 60.0. The Morgan fingerprint density at radius 3 is 2.23 bits per heavy atom. The average molecular weight is 748 g/mol. The zero-order chi connectivity index (χ0) is 40.3. The normalized spacial score (nSPS) is 14.0. The standard InChI is InChI=1S/C20H22F2O4.C18H27NO6.C2H6/c1-13(23)12-26-16-10-15(20(22)17(21)11-16)6-4-5-14-7-8-18(24-2)19(9-14)25-3;1-12(2)8-9-14(20)25-11-18(3,4)15(21)16(22)19-10-6-5-7-13(19)17(23)24;1-2/h7-11H,4-6,12H2,1-3H3;8-9,12-13H,5-7,10-11H2,1-4H3,(H,23,24);1-2H3/b;9-8-;.